The van der Waals surface area contributed by atoms with Gasteiger partial charge in [-0.05, 0) is 43.3 Å². The Hall–Kier alpha value is -2.80. The number of rotatable bonds is 6. The number of hydrogen-bond acceptors (Lipinski definition) is 5. The molecule has 0 unspecified atom stereocenters. The molecular formula is C17H16N2O4S. The third-order valence-corrected chi connectivity index (χ3v) is 4.18. The molecule has 0 atom stereocenters. The lowest BCUT2D eigenvalue weighted by Gasteiger charge is -2.01. The lowest BCUT2D eigenvalue weighted by molar-refractivity contribution is 0.0550. The van der Waals surface area contributed by atoms with E-state index in [0.29, 0.717) is 11.3 Å². The highest BCUT2D eigenvalue weighted by Gasteiger charge is 2.12. The first kappa shape index (κ1) is 17.6. The summed E-state index contributed by atoms with van der Waals surface area (Å²) in [6.07, 6.45) is 1.47. The first-order valence-electron chi connectivity index (χ1n) is 7.05. The summed E-state index contributed by atoms with van der Waals surface area (Å²) in [7, 11) is -3.86. The normalized spacial score (nSPS) is 11.4. The second-order valence-electron chi connectivity index (χ2n) is 4.90. The van der Waals surface area contributed by atoms with Crippen LogP contribution < -0.4 is 0 Å². The predicted octanol–water partition coefficient (Wildman–Crippen LogP) is 3.81. The number of aryl methyl sites for hydroxylation is 1. The Morgan fingerprint density at radius 1 is 1.12 bits per heavy atom. The molecule has 0 saturated heterocycles. The van der Waals surface area contributed by atoms with Crippen molar-refractivity contribution in [3.05, 3.63) is 72.3 Å². The van der Waals surface area contributed by atoms with Crippen LogP contribution in [0.5, 0.6) is 0 Å². The van der Waals surface area contributed by atoms with Gasteiger partial charge in [-0.15, -0.1) is 5.11 Å². The Balaban J connectivity index is 2.12. The van der Waals surface area contributed by atoms with Crippen LogP contribution in [-0.4, -0.2) is 21.0 Å². The van der Waals surface area contributed by atoms with E-state index in [1.54, 1.807) is 12.1 Å². The molecule has 0 aromatic heterocycles. The second kappa shape index (κ2) is 7.65. The molecule has 0 aliphatic carbocycles. The number of hydrogen-bond donors (Lipinski definition) is 0. The van der Waals surface area contributed by atoms with Gasteiger partial charge in [-0.3, -0.25) is 0 Å². The molecule has 0 N–H and O–H groups in total. The van der Waals surface area contributed by atoms with Crippen LogP contribution in [0.2, 0.25) is 0 Å². The Bertz CT molecular complexity index is 854. The zero-order valence-corrected chi connectivity index (χ0v) is 13.9. The summed E-state index contributed by atoms with van der Waals surface area (Å²) in [6.45, 7) is 5.44. The van der Waals surface area contributed by atoms with E-state index in [1.807, 2.05) is 6.92 Å². The summed E-state index contributed by atoms with van der Waals surface area (Å²) in [5.41, 5.74) is 1.59. The van der Waals surface area contributed by atoms with Crippen LogP contribution in [0.3, 0.4) is 0 Å². The number of carbonyl (C=O) groups is 1. The predicted molar refractivity (Wildman–Crippen MR) is 89.8 cm³/mol. The maximum Gasteiger partial charge on any atom is 0.338 e. The second-order valence-corrected chi connectivity index (χ2v) is 6.49. The van der Waals surface area contributed by atoms with Crippen molar-refractivity contribution in [1.82, 2.24) is 0 Å². The van der Waals surface area contributed by atoms with E-state index in [9.17, 15) is 13.2 Å². The molecule has 124 valence electrons. The van der Waals surface area contributed by atoms with Crippen molar-refractivity contribution >= 4 is 21.7 Å². The Kier molecular flexibility index (Phi) is 5.59. The maximum absolute atomic E-state index is 12.1. The summed E-state index contributed by atoms with van der Waals surface area (Å²) >= 11 is 0. The fourth-order valence-electron chi connectivity index (χ4n) is 1.74. The quantitative estimate of drug-likeness (QED) is 0.453. The van der Waals surface area contributed by atoms with Gasteiger partial charge in [-0.2, -0.15) is 8.42 Å². The van der Waals surface area contributed by atoms with Gasteiger partial charge in [0.2, 0.25) is 0 Å². The minimum atomic E-state index is -3.86. The van der Waals surface area contributed by atoms with E-state index < -0.39 is 16.0 Å². The molecule has 0 spiro atoms. The van der Waals surface area contributed by atoms with E-state index in [0.717, 1.165) is 5.56 Å². The summed E-state index contributed by atoms with van der Waals surface area (Å²) in [4.78, 5) is 11.7. The number of carbonyl (C=O) groups excluding carboxylic acids is 1. The summed E-state index contributed by atoms with van der Waals surface area (Å²) in [6, 6.07) is 12.3. The third-order valence-electron chi connectivity index (χ3n) is 3.02. The van der Waals surface area contributed by atoms with Gasteiger partial charge >= 0.3 is 5.97 Å². The molecule has 2 aromatic rings. The van der Waals surface area contributed by atoms with Gasteiger partial charge < -0.3 is 4.74 Å². The highest BCUT2D eigenvalue weighted by molar-refractivity contribution is 7.90. The molecule has 0 heterocycles. The van der Waals surface area contributed by atoms with Crippen LogP contribution in [0.1, 0.15) is 15.9 Å². The van der Waals surface area contributed by atoms with E-state index in [4.69, 9.17) is 4.74 Å². The maximum atomic E-state index is 12.1. The fraction of sp³-hybridized carbons (Fsp3) is 0.118. The lowest BCUT2D eigenvalue weighted by atomic mass is 10.2. The zero-order valence-electron chi connectivity index (χ0n) is 13.0. The molecular weight excluding hydrogens is 328 g/mol. The topological polar surface area (TPSA) is 85.2 Å². The van der Waals surface area contributed by atoms with E-state index in [1.165, 1.54) is 42.5 Å². The SMILES string of the molecule is C=CCOC(=O)c1ccc(N=NS(=O)(=O)c2ccc(C)cc2)cc1. The van der Waals surface area contributed by atoms with Crippen LogP contribution in [0, 0.1) is 6.92 Å². The van der Waals surface area contributed by atoms with Gasteiger partial charge in [0.1, 0.15) is 6.61 Å². The molecule has 0 aliphatic heterocycles. The highest BCUT2D eigenvalue weighted by atomic mass is 32.2. The third kappa shape index (κ3) is 4.60. The molecule has 7 heteroatoms. The first-order chi connectivity index (χ1) is 11.4. The number of benzene rings is 2. The summed E-state index contributed by atoms with van der Waals surface area (Å²) < 4.78 is 32.4. The van der Waals surface area contributed by atoms with Crippen molar-refractivity contribution in [3.63, 3.8) is 0 Å². The van der Waals surface area contributed by atoms with Crippen molar-refractivity contribution in [2.75, 3.05) is 6.61 Å². The van der Waals surface area contributed by atoms with Crippen LogP contribution in [-0.2, 0) is 14.8 Å². The van der Waals surface area contributed by atoms with Gasteiger partial charge in [0.05, 0.1) is 16.1 Å². The first-order valence-corrected chi connectivity index (χ1v) is 8.49. The van der Waals surface area contributed by atoms with Gasteiger partial charge in [0.15, 0.2) is 0 Å². The van der Waals surface area contributed by atoms with Crippen molar-refractivity contribution in [2.24, 2.45) is 9.63 Å². The number of ether oxygens (including phenoxy) is 1. The molecule has 0 bridgehead atoms. The minimum Gasteiger partial charge on any atom is -0.458 e. The van der Waals surface area contributed by atoms with Crippen LogP contribution in [0.15, 0.2) is 75.7 Å². The molecule has 0 aliphatic rings. The van der Waals surface area contributed by atoms with Crippen molar-refractivity contribution in [1.29, 1.82) is 0 Å². The molecule has 0 amide bonds. The van der Waals surface area contributed by atoms with Crippen LogP contribution in [0.4, 0.5) is 5.69 Å². The summed E-state index contributed by atoms with van der Waals surface area (Å²) in [5.74, 6) is -0.495. The highest BCUT2D eigenvalue weighted by Crippen LogP contribution is 2.18. The monoisotopic (exact) mass is 344 g/mol. The number of esters is 1. The molecule has 2 rings (SSSR count). The average Bonchev–Trinajstić information content (AvgIpc) is 2.59. The van der Waals surface area contributed by atoms with Crippen LogP contribution in [0.25, 0.3) is 0 Å². The summed E-state index contributed by atoms with van der Waals surface area (Å²) in [5, 5.41) is 3.71. The molecule has 24 heavy (non-hydrogen) atoms. The van der Waals surface area contributed by atoms with E-state index in [-0.39, 0.29) is 11.5 Å². The lowest BCUT2D eigenvalue weighted by Crippen LogP contribution is -2.04. The van der Waals surface area contributed by atoms with E-state index in [2.05, 4.69) is 16.2 Å². The largest absolute Gasteiger partial charge is 0.458 e. The Labute approximate surface area is 140 Å². The molecule has 0 saturated carbocycles. The van der Waals surface area contributed by atoms with Crippen LogP contribution >= 0.6 is 0 Å². The van der Waals surface area contributed by atoms with Gasteiger partial charge in [0.25, 0.3) is 10.0 Å². The van der Waals surface area contributed by atoms with Gasteiger partial charge in [-0.25, -0.2) is 4.79 Å². The Morgan fingerprint density at radius 3 is 2.33 bits per heavy atom. The van der Waals surface area contributed by atoms with Crippen molar-refractivity contribution in [3.8, 4) is 0 Å². The van der Waals surface area contributed by atoms with Crippen molar-refractivity contribution in [2.45, 2.75) is 11.8 Å². The van der Waals surface area contributed by atoms with Gasteiger partial charge in [0, 0.05) is 0 Å². The smallest absolute Gasteiger partial charge is 0.338 e. The van der Waals surface area contributed by atoms with Gasteiger partial charge in [-0.1, -0.05) is 34.9 Å². The minimum absolute atomic E-state index is 0.0708. The zero-order chi connectivity index (χ0) is 17.6. The van der Waals surface area contributed by atoms with E-state index >= 15 is 0 Å². The van der Waals surface area contributed by atoms with Crippen molar-refractivity contribution < 1.29 is 17.9 Å². The molecule has 6 nitrogen and oxygen atoms in total. The fourth-order valence-corrected chi connectivity index (χ4v) is 2.52. The molecule has 0 radical (unpaired) electrons. The standard InChI is InChI=1S/C17H16N2O4S/c1-3-12-23-17(20)14-6-8-15(9-7-14)18-19-24(21,22)16-10-4-13(2)5-11-16/h3-11H,1,12H2,2H3. The Morgan fingerprint density at radius 2 is 1.75 bits per heavy atom. The molecule has 0 fully saturated rings. The number of nitrogens with zero attached hydrogens (tertiary/aromatic N) is 2. The number of sulfonamides is 1. The molecule has 2 aromatic carbocycles. The average molecular weight is 344 g/mol.